The fraction of sp³-hybridized carbons (Fsp3) is 0.471. The quantitative estimate of drug-likeness (QED) is 0.736. The Hall–Kier alpha value is -2.41. The number of furan rings is 1. The highest BCUT2D eigenvalue weighted by Crippen LogP contribution is 2.29. The molecule has 4 heterocycles. The lowest BCUT2D eigenvalue weighted by molar-refractivity contribution is 0.187. The fourth-order valence-electron chi connectivity index (χ4n) is 3.41. The van der Waals surface area contributed by atoms with Crippen molar-refractivity contribution >= 4 is 0 Å². The van der Waals surface area contributed by atoms with E-state index in [0.717, 1.165) is 55.7 Å². The second-order valence-corrected chi connectivity index (χ2v) is 6.37. The van der Waals surface area contributed by atoms with Crippen LogP contribution in [0.5, 0.6) is 0 Å². The summed E-state index contributed by atoms with van der Waals surface area (Å²) in [5.74, 6) is 4.28. The van der Waals surface area contributed by atoms with Gasteiger partial charge in [-0.15, -0.1) is 5.10 Å². The van der Waals surface area contributed by atoms with Gasteiger partial charge in [0.05, 0.1) is 19.0 Å². The molecule has 0 spiro atoms. The summed E-state index contributed by atoms with van der Waals surface area (Å²) >= 11 is 0. The highest BCUT2D eigenvalue weighted by atomic mass is 16.3. The molecule has 1 aliphatic heterocycles. The monoisotopic (exact) mass is 326 g/mol. The molecule has 0 bridgehead atoms. The summed E-state index contributed by atoms with van der Waals surface area (Å²) in [5.41, 5.74) is 0. The van der Waals surface area contributed by atoms with Gasteiger partial charge in [0.25, 0.3) is 0 Å². The average Bonchev–Trinajstić information content (AvgIpc) is 3.30. The van der Waals surface area contributed by atoms with Crippen LogP contribution in [0.2, 0.25) is 0 Å². The van der Waals surface area contributed by atoms with Crippen LogP contribution in [0.25, 0.3) is 5.82 Å². The van der Waals surface area contributed by atoms with Gasteiger partial charge in [-0.1, -0.05) is 0 Å². The third-order valence-corrected chi connectivity index (χ3v) is 4.66. The topological polar surface area (TPSA) is 64.9 Å². The van der Waals surface area contributed by atoms with Crippen LogP contribution in [0.4, 0.5) is 0 Å². The lowest BCUT2D eigenvalue weighted by Crippen LogP contribution is -2.33. The van der Waals surface area contributed by atoms with Crippen molar-refractivity contribution < 1.29 is 4.42 Å². The SMILES string of the molecule is Cc1nc(C2CCN(Cc3ccco3)CC2)n(-c2ccnn2C)n1. The van der Waals surface area contributed by atoms with Crippen molar-refractivity contribution in [2.45, 2.75) is 32.2 Å². The maximum Gasteiger partial charge on any atom is 0.153 e. The predicted octanol–water partition coefficient (Wildman–Crippen LogP) is 2.28. The Morgan fingerprint density at radius 2 is 2.08 bits per heavy atom. The molecule has 7 nitrogen and oxygen atoms in total. The molecule has 0 N–H and O–H groups in total. The molecule has 3 aromatic heterocycles. The van der Waals surface area contributed by atoms with Crippen LogP contribution >= 0.6 is 0 Å². The molecule has 0 aromatic carbocycles. The van der Waals surface area contributed by atoms with E-state index in [1.165, 1.54) is 0 Å². The molecule has 3 aromatic rings. The minimum absolute atomic E-state index is 0.425. The summed E-state index contributed by atoms with van der Waals surface area (Å²) in [7, 11) is 1.93. The molecule has 126 valence electrons. The van der Waals surface area contributed by atoms with Crippen LogP contribution in [0, 0.1) is 6.92 Å². The molecule has 0 atom stereocenters. The Kier molecular flexibility index (Phi) is 3.93. The molecule has 7 heteroatoms. The first-order valence-electron chi connectivity index (χ1n) is 8.37. The van der Waals surface area contributed by atoms with Crippen molar-refractivity contribution in [3.63, 3.8) is 0 Å². The Morgan fingerprint density at radius 3 is 2.75 bits per heavy atom. The standard InChI is InChI=1S/C17H22N6O/c1-13-19-17(23(20-13)16-5-8-18-21(16)2)14-6-9-22(10-7-14)12-15-4-3-11-24-15/h3-5,8,11,14H,6-7,9-10,12H2,1-2H3. The first-order chi connectivity index (χ1) is 11.7. The molecule has 4 rings (SSSR count). The summed E-state index contributed by atoms with van der Waals surface area (Å²) in [4.78, 5) is 7.14. The zero-order valence-electron chi connectivity index (χ0n) is 14.1. The van der Waals surface area contributed by atoms with E-state index in [1.807, 2.05) is 41.5 Å². The molecule has 0 aliphatic carbocycles. The summed E-state index contributed by atoms with van der Waals surface area (Å²) in [6.07, 6.45) is 5.69. The van der Waals surface area contributed by atoms with E-state index >= 15 is 0 Å². The van der Waals surface area contributed by atoms with Crippen molar-refractivity contribution in [1.29, 1.82) is 0 Å². The van der Waals surface area contributed by atoms with Crippen molar-refractivity contribution in [1.82, 2.24) is 29.4 Å². The van der Waals surface area contributed by atoms with E-state index < -0.39 is 0 Å². The second-order valence-electron chi connectivity index (χ2n) is 6.37. The Balaban J connectivity index is 1.49. The first kappa shape index (κ1) is 15.1. The van der Waals surface area contributed by atoms with Gasteiger partial charge >= 0.3 is 0 Å². The molecular weight excluding hydrogens is 304 g/mol. The Bertz CT molecular complexity index is 795. The van der Waals surface area contributed by atoms with Gasteiger partial charge in [0.2, 0.25) is 0 Å². The molecule has 0 saturated carbocycles. The maximum absolute atomic E-state index is 5.45. The normalized spacial score (nSPS) is 16.8. The van der Waals surface area contributed by atoms with Crippen LogP contribution in [0.15, 0.2) is 35.1 Å². The minimum Gasteiger partial charge on any atom is -0.468 e. The van der Waals surface area contributed by atoms with E-state index in [1.54, 1.807) is 12.5 Å². The van der Waals surface area contributed by atoms with Gasteiger partial charge in [-0.05, 0) is 45.0 Å². The number of aryl methyl sites for hydroxylation is 2. The first-order valence-corrected chi connectivity index (χ1v) is 8.37. The minimum atomic E-state index is 0.425. The van der Waals surface area contributed by atoms with Crippen LogP contribution in [-0.2, 0) is 13.6 Å². The summed E-state index contributed by atoms with van der Waals surface area (Å²) in [6, 6.07) is 5.96. The highest BCUT2D eigenvalue weighted by molar-refractivity contribution is 5.23. The van der Waals surface area contributed by atoms with Gasteiger partial charge < -0.3 is 4.42 Å². The van der Waals surface area contributed by atoms with Gasteiger partial charge in [-0.3, -0.25) is 9.58 Å². The zero-order chi connectivity index (χ0) is 16.5. The van der Waals surface area contributed by atoms with Gasteiger partial charge in [-0.2, -0.15) is 9.78 Å². The highest BCUT2D eigenvalue weighted by Gasteiger charge is 2.26. The smallest absolute Gasteiger partial charge is 0.153 e. The van der Waals surface area contributed by atoms with Gasteiger partial charge in [0.15, 0.2) is 5.82 Å². The third-order valence-electron chi connectivity index (χ3n) is 4.66. The lowest BCUT2D eigenvalue weighted by atomic mass is 9.96. The van der Waals surface area contributed by atoms with Crippen molar-refractivity contribution in [3.8, 4) is 5.82 Å². The van der Waals surface area contributed by atoms with E-state index in [2.05, 4.69) is 15.1 Å². The maximum atomic E-state index is 5.45. The van der Waals surface area contributed by atoms with Crippen LogP contribution < -0.4 is 0 Å². The second kappa shape index (κ2) is 6.24. The van der Waals surface area contributed by atoms with E-state index in [-0.39, 0.29) is 0 Å². The third kappa shape index (κ3) is 2.87. The molecule has 1 fully saturated rings. The zero-order valence-corrected chi connectivity index (χ0v) is 14.1. The average molecular weight is 326 g/mol. The predicted molar refractivity (Wildman–Crippen MR) is 88.8 cm³/mol. The molecule has 1 saturated heterocycles. The largest absolute Gasteiger partial charge is 0.468 e. The number of hydrogen-bond donors (Lipinski definition) is 0. The molecule has 1 aliphatic rings. The number of rotatable bonds is 4. The fourth-order valence-corrected chi connectivity index (χ4v) is 3.41. The van der Waals surface area contributed by atoms with Gasteiger partial charge in [0.1, 0.15) is 17.4 Å². The molecule has 0 amide bonds. The van der Waals surface area contributed by atoms with E-state index in [9.17, 15) is 0 Å². The Labute approximate surface area is 140 Å². The number of piperidine rings is 1. The molecule has 0 radical (unpaired) electrons. The van der Waals surface area contributed by atoms with E-state index in [4.69, 9.17) is 9.40 Å². The van der Waals surface area contributed by atoms with Gasteiger partial charge in [-0.25, -0.2) is 4.98 Å². The number of nitrogens with zero attached hydrogens (tertiary/aromatic N) is 6. The Morgan fingerprint density at radius 1 is 1.25 bits per heavy atom. The number of likely N-dealkylation sites (tertiary alicyclic amines) is 1. The summed E-state index contributed by atoms with van der Waals surface area (Å²) < 4.78 is 9.24. The molecule has 0 unspecified atom stereocenters. The molecular formula is C17H22N6O. The van der Waals surface area contributed by atoms with Crippen LogP contribution in [0.1, 0.15) is 36.2 Å². The van der Waals surface area contributed by atoms with Gasteiger partial charge in [0, 0.05) is 19.0 Å². The van der Waals surface area contributed by atoms with Crippen LogP contribution in [-0.4, -0.2) is 42.5 Å². The summed E-state index contributed by atoms with van der Waals surface area (Å²) in [6.45, 7) is 4.92. The lowest BCUT2D eigenvalue weighted by Gasteiger charge is -2.30. The van der Waals surface area contributed by atoms with Crippen LogP contribution in [0.3, 0.4) is 0 Å². The number of aromatic nitrogens is 5. The van der Waals surface area contributed by atoms with Crippen molar-refractivity contribution in [3.05, 3.63) is 48.1 Å². The number of hydrogen-bond acceptors (Lipinski definition) is 5. The summed E-state index contributed by atoms with van der Waals surface area (Å²) in [5, 5.41) is 8.84. The van der Waals surface area contributed by atoms with E-state index in [0.29, 0.717) is 5.92 Å². The molecule has 24 heavy (non-hydrogen) atoms. The van der Waals surface area contributed by atoms with Crippen molar-refractivity contribution in [2.24, 2.45) is 7.05 Å². The van der Waals surface area contributed by atoms with Crippen molar-refractivity contribution in [2.75, 3.05) is 13.1 Å².